The molecule has 2 aromatic rings. The zero-order chi connectivity index (χ0) is 18.5. The molecule has 1 aliphatic heterocycles. The number of anilines is 1. The van der Waals surface area contributed by atoms with E-state index >= 15 is 0 Å². The summed E-state index contributed by atoms with van der Waals surface area (Å²) < 4.78 is 12.9. The predicted octanol–water partition coefficient (Wildman–Crippen LogP) is 1.39. The van der Waals surface area contributed by atoms with Gasteiger partial charge in [-0.3, -0.25) is 14.4 Å². The van der Waals surface area contributed by atoms with Crippen molar-refractivity contribution in [2.45, 2.75) is 0 Å². The second-order valence-electron chi connectivity index (χ2n) is 5.80. The van der Waals surface area contributed by atoms with E-state index in [-0.39, 0.29) is 17.3 Å². The summed E-state index contributed by atoms with van der Waals surface area (Å²) in [6.45, 7) is 1.79. The molecule has 0 spiro atoms. The van der Waals surface area contributed by atoms with Gasteiger partial charge in [0.2, 0.25) is 6.41 Å². The Morgan fingerprint density at radius 3 is 2.31 bits per heavy atom. The van der Waals surface area contributed by atoms with Crippen molar-refractivity contribution in [3.05, 3.63) is 59.7 Å². The number of aromatic nitrogens is 1. The van der Waals surface area contributed by atoms with Crippen LogP contribution in [0.25, 0.3) is 0 Å². The fraction of sp³-hybridized carbons (Fsp3) is 0.222. The number of nitrogens with zero attached hydrogens (tertiary/aromatic N) is 3. The molecule has 1 aliphatic rings. The summed E-state index contributed by atoms with van der Waals surface area (Å²) in [4.78, 5) is 42.9. The molecule has 134 valence electrons. The Morgan fingerprint density at radius 2 is 1.65 bits per heavy atom. The van der Waals surface area contributed by atoms with E-state index in [1.54, 1.807) is 21.9 Å². The molecule has 0 bridgehead atoms. The first-order chi connectivity index (χ1) is 12.6. The van der Waals surface area contributed by atoms with Gasteiger partial charge in [-0.05, 0) is 36.4 Å². The molecule has 0 unspecified atom stereocenters. The largest absolute Gasteiger partial charge is 0.342 e. The van der Waals surface area contributed by atoms with Crippen molar-refractivity contribution in [3.63, 3.8) is 0 Å². The molecular formula is C18H17FN4O3. The lowest BCUT2D eigenvalue weighted by molar-refractivity contribution is -0.119. The summed E-state index contributed by atoms with van der Waals surface area (Å²) in [6, 6.07) is 9.98. The van der Waals surface area contributed by atoms with Crippen LogP contribution in [0, 0.1) is 5.82 Å². The fourth-order valence-corrected chi connectivity index (χ4v) is 2.60. The van der Waals surface area contributed by atoms with Gasteiger partial charge in [0, 0.05) is 31.9 Å². The summed E-state index contributed by atoms with van der Waals surface area (Å²) in [5.41, 5.74) is 0.683. The third-order valence-electron chi connectivity index (χ3n) is 4.05. The number of amides is 3. The molecule has 1 N–H and O–H groups in total. The summed E-state index contributed by atoms with van der Waals surface area (Å²) >= 11 is 0. The lowest BCUT2D eigenvalue weighted by Gasteiger charge is -2.32. The highest BCUT2D eigenvalue weighted by Crippen LogP contribution is 2.11. The number of rotatable bonds is 4. The van der Waals surface area contributed by atoms with E-state index in [4.69, 9.17) is 0 Å². The van der Waals surface area contributed by atoms with Gasteiger partial charge < -0.3 is 15.1 Å². The van der Waals surface area contributed by atoms with E-state index in [0.29, 0.717) is 31.9 Å². The van der Waals surface area contributed by atoms with Crippen LogP contribution in [0.5, 0.6) is 0 Å². The monoisotopic (exact) mass is 356 g/mol. The first-order valence-corrected chi connectivity index (χ1v) is 8.09. The number of carbonyl (C=O) groups is 3. The summed E-state index contributed by atoms with van der Waals surface area (Å²) in [5.74, 6) is -1.17. The molecule has 3 amide bonds. The second-order valence-corrected chi connectivity index (χ2v) is 5.80. The first-order valence-electron chi connectivity index (χ1n) is 8.09. The van der Waals surface area contributed by atoms with Crippen LogP contribution >= 0.6 is 0 Å². The molecule has 2 heterocycles. The van der Waals surface area contributed by atoms with Crippen LogP contribution < -0.4 is 5.32 Å². The number of benzene rings is 1. The maximum Gasteiger partial charge on any atom is 0.274 e. The minimum atomic E-state index is -0.489. The number of halogens is 1. The van der Waals surface area contributed by atoms with Gasteiger partial charge in [-0.25, -0.2) is 9.37 Å². The van der Waals surface area contributed by atoms with Gasteiger partial charge in [-0.15, -0.1) is 0 Å². The third kappa shape index (κ3) is 4.02. The van der Waals surface area contributed by atoms with E-state index in [1.165, 1.54) is 30.3 Å². The van der Waals surface area contributed by atoms with Crippen molar-refractivity contribution in [1.82, 2.24) is 14.8 Å². The summed E-state index contributed by atoms with van der Waals surface area (Å²) in [5, 5.41) is 2.61. The van der Waals surface area contributed by atoms with Crippen LogP contribution in [0.3, 0.4) is 0 Å². The summed E-state index contributed by atoms with van der Waals surface area (Å²) in [7, 11) is 0. The Morgan fingerprint density at radius 1 is 1.00 bits per heavy atom. The van der Waals surface area contributed by atoms with Crippen molar-refractivity contribution in [1.29, 1.82) is 0 Å². The number of pyridine rings is 1. The maximum absolute atomic E-state index is 12.9. The zero-order valence-corrected chi connectivity index (χ0v) is 13.9. The van der Waals surface area contributed by atoms with Crippen LogP contribution in [0.15, 0.2) is 42.5 Å². The molecule has 0 atom stereocenters. The van der Waals surface area contributed by atoms with E-state index in [2.05, 4.69) is 10.3 Å². The highest BCUT2D eigenvalue weighted by atomic mass is 19.1. The molecule has 8 heteroatoms. The van der Waals surface area contributed by atoms with Crippen LogP contribution in [-0.4, -0.2) is 59.2 Å². The molecule has 26 heavy (non-hydrogen) atoms. The highest BCUT2D eigenvalue weighted by Gasteiger charge is 2.23. The van der Waals surface area contributed by atoms with Crippen LogP contribution in [0.4, 0.5) is 10.1 Å². The van der Waals surface area contributed by atoms with Crippen molar-refractivity contribution < 1.29 is 18.8 Å². The van der Waals surface area contributed by atoms with Crippen molar-refractivity contribution in [2.75, 3.05) is 31.5 Å². The second kappa shape index (κ2) is 7.73. The Bertz CT molecular complexity index is 817. The lowest BCUT2D eigenvalue weighted by Crippen LogP contribution is -2.48. The van der Waals surface area contributed by atoms with Crippen LogP contribution in [0.2, 0.25) is 0 Å². The Balaban J connectivity index is 1.69. The van der Waals surface area contributed by atoms with Crippen molar-refractivity contribution in [2.24, 2.45) is 0 Å². The third-order valence-corrected chi connectivity index (χ3v) is 4.05. The normalized spacial score (nSPS) is 14.0. The summed E-state index contributed by atoms with van der Waals surface area (Å²) in [6.07, 6.45) is 0.764. The first kappa shape index (κ1) is 17.5. The molecular weight excluding hydrogens is 339 g/mol. The Labute approximate surface area is 149 Å². The average Bonchev–Trinajstić information content (AvgIpc) is 2.69. The van der Waals surface area contributed by atoms with Crippen LogP contribution in [-0.2, 0) is 4.79 Å². The smallest absolute Gasteiger partial charge is 0.274 e. The average molecular weight is 356 g/mol. The SMILES string of the molecule is O=CN1CCN(C(=O)c2cccc(C(=O)Nc3ccc(F)cc3)n2)CC1. The molecule has 0 aliphatic carbocycles. The predicted molar refractivity (Wildman–Crippen MR) is 92.1 cm³/mol. The number of hydrogen-bond acceptors (Lipinski definition) is 4. The standard InChI is InChI=1S/C18H17FN4O3/c19-13-4-6-14(7-5-13)20-17(25)15-2-1-3-16(21-15)18(26)23-10-8-22(12-24)9-11-23/h1-7,12H,8-11H2,(H,20,25). The van der Waals surface area contributed by atoms with Crippen molar-refractivity contribution >= 4 is 23.9 Å². The van der Waals surface area contributed by atoms with E-state index in [0.717, 1.165) is 6.41 Å². The van der Waals surface area contributed by atoms with Gasteiger partial charge >= 0.3 is 0 Å². The quantitative estimate of drug-likeness (QED) is 0.839. The fourth-order valence-electron chi connectivity index (χ4n) is 2.60. The Hall–Kier alpha value is -3.29. The zero-order valence-electron chi connectivity index (χ0n) is 13.9. The molecule has 0 radical (unpaired) electrons. The van der Waals surface area contributed by atoms with Gasteiger partial charge in [0.15, 0.2) is 0 Å². The topological polar surface area (TPSA) is 82.6 Å². The molecule has 0 saturated carbocycles. The van der Waals surface area contributed by atoms with Gasteiger partial charge in [0.05, 0.1) is 0 Å². The van der Waals surface area contributed by atoms with Gasteiger partial charge in [-0.1, -0.05) is 6.07 Å². The maximum atomic E-state index is 12.9. The van der Waals surface area contributed by atoms with E-state index < -0.39 is 11.7 Å². The minimum absolute atomic E-state index is 0.0895. The number of nitrogens with one attached hydrogen (secondary N) is 1. The lowest BCUT2D eigenvalue weighted by atomic mass is 10.2. The van der Waals surface area contributed by atoms with Crippen LogP contribution in [0.1, 0.15) is 21.0 Å². The van der Waals surface area contributed by atoms with Gasteiger partial charge in [0.1, 0.15) is 17.2 Å². The molecule has 1 aromatic carbocycles. The molecule has 3 rings (SSSR count). The minimum Gasteiger partial charge on any atom is -0.342 e. The highest BCUT2D eigenvalue weighted by molar-refractivity contribution is 6.03. The van der Waals surface area contributed by atoms with Gasteiger partial charge in [0.25, 0.3) is 11.8 Å². The Kier molecular flexibility index (Phi) is 5.21. The van der Waals surface area contributed by atoms with E-state index in [9.17, 15) is 18.8 Å². The molecule has 7 nitrogen and oxygen atoms in total. The number of carbonyl (C=O) groups excluding carboxylic acids is 3. The molecule has 1 saturated heterocycles. The molecule has 1 aromatic heterocycles. The number of hydrogen-bond donors (Lipinski definition) is 1. The van der Waals surface area contributed by atoms with E-state index in [1.807, 2.05) is 0 Å². The van der Waals surface area contributed by atoms with Gasteiger partial charge in [-0.2, -0.15) is 0 Å². The molecule has 1 fully saturated rings. The number of piperazine rings is 1. The van der Waals surface area contributed by atoms with Crippen molar-refractivity contribution in [3.8, 4) is 0 Å².